The molecule has 0 saturated heterocycles. The van der Waals surface area contributed by atoms with E-state index in [0.717, 1.165) is 34.0 Å². The van der Waals surface area contributed by atoms with Gasteiger partial charge in [-0.1, -0.05) is 188 Å². The molecule has 10 aromatic rings. The zero-order valence-electron chi connectivity index (χ0n) is 33.9. The van der Waals surface area contributed by atoms with Gasteiger partial charge in [-0.15, -0.1) is 0 Å². The van der Waals surface area contributed by atoms with Gasteiger partial charge in [0.15, 0.2) is 6.17 Å². The molecular weight excluding hydrogens is 753 g/mol. The summed E-state index contributed by atoms with van der Waals surface area (Å²) in [6.45, 7) is 0. The summed E-state index contributed by atoms with van der Waals surface area (Å²) in [5, 5.41) is 6.16. The van der Waals surface area contributed by atoms with Crippen LogP contribution in [0.2, 0.25) is 0 Å². The van der Waals surface area contributed by atoms with E-state index in [4.69, 9.17) is 9.98 Å². The van der Waals surface area contributed by atoms with Crippen LogP contribution in [0.4, 0.5) is 0 Å². The van der Waals surface area contributed by atoms with E-state index in [0.29, 0.717) is 0 Å². The first kappa shape index (κ1) is 35.8. The smallest absolute Gasteiger partial charge is 0.169 e. The highest BCUT2D eigenvalue weighted by atomic mass is 15.2. The van der Waals surface area contributed by atoms with Gasteiger partial charge in [-0.3, -0.25) is 0 Å². The molecule has 1 aromatic heterocycles. The van der Waals surface area contributed by atoms with E-state index in [9.17, 15) is 0 Å². The minimum atomic E-state index is -0.714. The summed E-state index contributed by atoms with van der Waals surface area (Å²) in [5.74, 6) is 1.58. The molecule has 3 heterocycles. The van der Waals surface area contributed by atoms with Crippen molar-refractivity contribution in [3.8, 4) is 27.9 Å². The van der Waals surface area contributed by atoms with Crippen molar-refractivity contribution in [3.05, 3.63) is 269 Å². The second-order valence-electron chi connectivity index (χ2n) is 16.2. The maximum absolute atomic E-state index is 5.37. The molecule has 2 aliphatic rings. The summed E-state index contributed by atoms with van der Waals surface area (Å²) >= 11 is 0. The monoisotopic (exact) mass is 792 g/mol. The minimum Gasteiger partial charge on any atom is -0.324 e. The average Bonchev–Trinajstić information content (AvgIpc) is 3.69. The topological polar surface area (TPSA) is 41.7 Å². The molecule has 0 spiro atoms. The first-order chi connectivity index (χ1) is 30.7. The van der Waals surface area contributed by atoms with Crippen LogP contribution in [0.1, 0.15) is 45.1 Å². The van der Waals surface area contributed by atoms with Gasteiger partial charge >= 0.3 is 0 Å². The van der Waals surface area contributed by atoms with Crippen LogP contribution in [0.15, 0.2) is 241 Å². The highest BCUT2D eigenvalue weighted by Gasteiger charge is 2.46. The van der Waals surface area contributed by atoms with Crippen molar-refractivity contribution in [2.45, 2.75) is 11.6 Å². The summed E-state index contributed by atoms with van der Waals surface area (Å²) in [4.78, 5) is 10.5. The Kier molecular flexibility index (Phi) is 8.42. The van der Waals surface area contributed by atoms with Gasteiger partial charge < -0.3 is 9.88 Å². The van der Waals surface area contributed by atoms with Gasteiger partial charge in [-0.2, -0.15) is 0 Å². The molecule has 62 heavy (non-hydrogen) atoms. The number of hydrogen-bond acceptors (Lipinski definition) is 3. The van der Waals surface area contributed by atoms with E-state index < -0.39 is 11.6 Å². The van der Waals surface area contributed by atoms with Crippen molar-refractivity contribution in [2.75, 3.05) is 0 Å². The van der Waals surface area contributed by atoms with Gasteiger partial charge in [-0.25, -0.2) is 9.98 Å². The van der Waals surface area contributed by atoms with Crippen molar-refractivity contribution >= 4 is 33.5 Å². The molecule has 292 valence electrons. The Labute approximate surface area is 360 Å². The van der Waals surface area contributed by atoms with Crippen LogP contribution >= 0.6 is 0 Å². The maximum Gasteiger partial charge on any atom is 0.169 e. The lowest BCUT2D eigenvalue weighted by Crippen LogP contribution is -2.38. The average molecular weight is 793 g/mol. The van der Waals surface area contributed by atoms with Gasteiger partial charge in [-0.05, 0) is 92.5 Å². The minimum absolute atomic E-state index is 0.410. The standard InChI is InChI=1S/C58H40N4/c1-7-19-39(20-8-1)43-31-33-52-48(35-43)49-36-45(40-21-9-2-10-22-40)38-51-54(49)62(52)53-34-32-44(37-50(53)58(51,46-27-15-5-16-28-46)47-29-17-6-18-30-47)57-60-55(41-23-11-3-12-24-41)59-56(61-57)42-25-13-4-14-26-42/h1-38,55H,(H,59,60,61). The molecule has 4 nitrogen and oxygen atoms in total. The number of amidine groups is 2. The predicted molar refractivity (Wildman–Crippen MR) is 255 cm³/mol. The van der Waals surface area contributed by atoms with Crippen molar-refractivity contribution < 1.29 is 0 Å². The highest BCUT2D eigenvalue weighted by Crippen LogP contribution is 2.55. The molecule has 0 bridgehead atoms. The van der Waals surface area contributed by atoms with Crippen LogP contribution in [0.5, 0.6) is 0 Å². The van der Waals surface area contributed by atoms with Gasteiger partial charge in [0, 0.05) is 21.9 Å². The van der Waals surface area contributed by atoms with Gasteiger partial charge in [0.05, 0.1) is 22.1 Å². The lowest BCUT2D eigenvalue weighted by molar-refractivity contribution is 0.726. The first-order valence-corrected chi connectivity index (χ1v) is 21.3. The molecule has 0 saturated carbocycles. The number of benzene rings is 9. The van der Waals surface area contributed by atoms with Crippen LogP contribution in [0.25, 0.3) is 49.7 Å². The summed E-state index contributed by atoms with van der Waals surface area (Å²) in [6, 6.07) is 83.3. The maximum atomic E-state index is 5.37. The number of nitrogens with one attached hydrogen (secondary N) is 1. The number of aliphatic imine (C=N–C) groups is 2. The molecule has 4 heteroatoms. The molecule has 1 unspecified atom stereocenters. The van der Waals surface area contributed by atoms with Crippen LogP contribution < -0.4 is 5.32 Å². The van der Waals surface area contributed by atoms with Crippen molar-refractivity contribution in [2.24, 2.45) is 9.98 Å². The molecule has 0 radical (unpaired) electrons. The van der Waals surface area contributed by atoms with Gasteiger partial charge in [0.1, 0.15) is 11.7 Å². The van der Waals surface area contributed by atoms with E-state index in [1.165, 1.54) is 66.3 Å². The van der Waals surface area contributed by atoms with E-state index in [1.807, 2.05) is 12.1 Å². The number of rotatable bonds is 7. The Bertz CT molecular complexity index is 3300. The van der Waals surface area contributed by atoms with E-state index in [1.54, 1.807) is 0 Å². The van der Waals surface area contributed by atoms with Crippen molar-refractivity contribution in [1.82, 2.24) is 9.88 Å². The zero-order chi connectivity index (χ0) is 41.0. The van der Waals surface area contributed by atoms with E-state index in [2.05, 4.69) is 228 Å². The third-order valence-electron chi connectivity index (χ3n) is 12.7. The van der Waals surface area contributed by atoms with Crippen LogP contribution in [0, 0.1) is 0 Å². The Morgan fingerprint density at radius 1 is 0.387 bits per heavy atom. The fourth-order valence-electron chi connectivity index (χ4n) is 9.89. The second-order valence-corrected chi connectivity index (χ2v) is 16.2. The highest BCUT2D eigenvalue weighted by molar-refractivity contribution is 6.17. The SMILES string of the molecule is c1ccc(C2=NC(c3ccccc3)N=C(c3ccc4c(c3)C(c3ccccc3)(c3ccccc3)c3cc(-c5ccccc5)cc5c6cc(-c7ccccc7)ccc6n-4c35)N2)cc1. The summed E-state index contributed by atoms with van der Waals surface area (Å²) < 4.78 is 2.52. The normalized spacial score (nSPS) is 15.1. The van der Waals surface area contributed by atoms with Crippen LogP contribution in [0.3, 0.4) is 0 Å². The molecule has 12 rings (SSSR count). The second kappa shape index (κ2) is 14.6. The number of aromatic nitrogens is 1. The van der Waals surface area contributed by atoms with Crippen LogP contribution in [-0.2, 0) is 5.41 Å². The molecule has 0 amide bonds. The molecule has 1 N–H and O–H groups in total. The lowest BCUT2D eigenvalue weighted by Gasteiger charge is -2.42. The number of fused-ring (bicyclic) bond motifs is 5. The largest absolute Gasteiger partial charge is 0.324 e. The molecule has 9 aromatic carbocycles. The quantitative estimate of drug-likeness (QED) is 0.172. The van der Waals surface area contributed by atoms with E-state index >= 15 is 0 Å². The Balaban J connectivity index is 1.19. The molecular formula is C58H40N4. The number of hydrogen-bond donors (Lipinski definition) is 1. The van der Waals surface area contributed by atoms with E-state index in [-0.39, 0.29) is 0 Å². The van der Waals surface area contributed by atoms with Gasteiger partial charge in [0.2, 0.25) is 0 Å². The summed E-state index contributed by atoms with van der Waals surface area (Å²) in [5.41, 5.74) is 15.4. The zero-order valence-corrected chi connectivity index (χ0v) is 33.9. The fraction of sp³-hybridized carbons (Fsp3) is 0.0345. The first-order valence-electron chi connectivity index (χ1n) is 21.3. The van der Waals surface area contributed by atoms with Gasteiger partial charge in [0.25, 0.3) is 0 Å². The third kappa shape index (κ3) is 5.68. The fourth-order valence-corrected chi connectivity index (χ4v) is 9.89. The summed E-state index contributed by atoms with van der Waals surface area (Å²) in [6.07, 6.45) is -0.410. The number of nitrogens with zero attached hydrogens (tertiary/aromatic N) is 3. The third-order valence-corrected chi connectivity index (χ3v) is 12.7. The molecule has 1 atom stereocenters. The Morgan fingerprint density at radius 2 is 0.871 bits per heavy atom. The molecule has 0 fully saturated rings. The van der Waals surface area contributed by atoms with Crippen molar-refractivity contribution in [3.63, 3.8) is 0 Å². The lowest BCUT2D eigenvalue weighted by atomic mass is 9.62. The summed E-state index contributed by atoms with van der Waals surface area (Å²) in [7, 11) is 0. The van der Waals surface area contributed by atoms with Crippen LogP contribution in [-0.4, -0.2) is 16.2 Å². The Hall–Kier alpha value is -8.08. The Morgan fingerprint density at radius 3 is 1.48 bits per heavy atom. The molecule has 2 aliphatic heterocycles. The van der Waals surface area contributed by atoms with Crippen molar-refractivity contribution in [1.29, 1.82) is 0 Å². The predicted octanol–water partition coefficient (Wildman–Crippen LogP) is 13.3. The molecule has 0 aliphatic carbocycles.